The largest absolute Gasteiger partial charge is 0.459 e. The molecule has 1 aromatic carbocycles. The number of imide groups is 1. The van der Waals surface area contributed by atoms with Crippen LogP contribution in [0.5, 0.6) is 0 Å². The fourth-order valence-electron chi connectivity index (χ4n) is 1.89. The summed E-state index contributed by atoms with van der Waals surface area (Å²) in [5.41, 5.74) is 0.0163. The zero-order valence-corrected chi connectivity index (χ0v) is 13.1. The Labute approximate surface area is 124 Å². The van der Waals surface area contributed by atoms with Gasteiger partial charge in [-0.25, -0.2) is 0 Å². The van der Waals surface area contributed by atoms with Gasteiger partial charge in [-0.2, -0.15) is 0 Å². The van der Waals surface area contributed by atoms with Crippen LogP contribution in [0, 0.1) is 0 Å². The van der Waals surface area contributed by atoms with Gasteiger partial charge >= 0.3 is 5.97 Å². The number of esters is 1. The van der Waals surface area contributed by atoms with Gasteiger partial charge < -0.3 is 4.74 Å². The third-order valence-corrected chi connectivity index (χ3v) is 2.59. The van der Waals surface area contributed by atoms with Gasteiger partial charge in [0.15, 0.2) is 0 Å². The van der Waals surface area contributed by atoms with Crippen LogP contribution >= 0.6 is 0 Å². The predicted octanol–water partition coefficient (Wildman–Crippen LogP) is 2.65. The first-order chi connectivity index (χ1) is 9.79. The summed E-state index contributed by atoms with van der Waals surface area (Å²) in [6.07, 6.45) is 0. The molecule has 1 aromatic rings. The molecule has 0 N–H and O–H groups in total. The molecule has 1 aliphatic rings. The minimum absolute atomic E-state index is 0.330. The normalized spacial score (nSPS) is 13.5. The van der Waals surface area contributed by atoms with E-state index < -0.39 is 23.4 Å². The summed E-state index contributed by atoms with van der Waals surface area (Å²) in [6, 6.07) is 6.51. The Morgan fingerprint density at radius 3 is 1.86 bits per heavy atom. The van der Waals surface area contributed by atoms with Gasteiger partial charge in [0.2, 0.25) is 0 Å². The first kappa shape index (κ1) is 16.9. The van der Waals surface area contributed by atoms with Crippen LogP contribution in [-0.4, -0.2) is 34.8 Å². The maximum atomic E-state index is 12.0. The van der Waals surface area contributed by atoms with Crippen LogP contribution in [-0.2, 0) is 9.53 Å². The molecule has 0 atom stereocenters. The van der Waals surface area contributed by atoms with Gasteiger partial charge in [-0.05, 0) is 32.9 Å². The molecule has 21 heavy (non-hydrogen) atoms. The van der Waals surface area contributed by atoms with Gasteiger partial charge in [-0.3, -0.25) is 19.3 Å². The molecule has 0 unspecified atom stereocenters. The topological polar surface area (TPSA) is 63.7 Å². The Balaban J connectivity index is 0.00000106. The average Bonchev–Trinajstić information content (AvgIpc) is 2.65. The van der Waals surface area contributed by atoms with Crippen LogP contribution in [0.15, 0.2) is 24.3 Å². The quantitative estimate of drug-likeness (QED) is 0.620. The lowest BCUT2D eigenvalue weighted by molar-refractivity contribution is -0.155. The second-order valence-electron chi connectivity index (χ2n) is 5.33. The summed E-state index contributed by atoms with van der Waals surface area (Å²) in [5, 5.41) is 0. The molecule has 0 saturated heterocycles. The number of carbonyl (C=O) groups is 3. The van der Waals surface area contributed by atoms with E-state index in [1.165, 1.54) is 0 Å². The molecule has 0 spiro atoms. The smallest absolute Gasteiger partial charge is 0.326 e. The number of rotatable bonds is 2. The Kier molecular flexibility index (Phi) is 5.24. The minimum atomic E-state index is -0.643. The molecule has 5 heteroatoms. The van der Waals surface area contributed by atoms with Gasteiger partial charge in [-0.1, -0.05) is 26.0 Å². The number of hydrogen-bond donors (Lipinski definition) is 0. The van der Waals surface area contributed by atoms with Crippen LogP contribution in [0.1, 0.15) is 55.3 Å². The highest BCUT2D eigenvalue weighted by atomic mass is 16.6. The van der Waals surface area contributed by atoms with E-state index in [9.17, 15) is 14.4 Å². The van der Waals surface area contributed by atoms with Crippen molar-refractivity contribution < 1.29 is 19.1 Å². The number of benzene rings is 1. The van der Waals surface area contributed by atoms with Crippen molar-refractivity contribution in [2.24, 2.45) is 0 Å². The second-order valence-corrected chi connectivity index (χ2v) is 5.33. The Morgan fingerprint density at radius 2 is 1.48 bits per heavy atom. The summed E-state index contributed by atoms with van der Waals surface area (Å²) in [5.74, 6) is -1.50. The SMILES string of the molecule is CC.CC(C)(C)OC(=O)CN1C(=O)c2ccccc2C1=O. The molecule has 2 rings (SSSR count). The molecule has 114 valence electrons. The summed E-state index contributed by atoms with van der Waals surface area (Å²) >= 11 is 0. The molecule has 5 nitrogen and oxygen atoms in total. The van der Waals surface area contributed by atoms with Gasteiger partial charge in [0, 0.05) is 0 Å². The van der Waals surface area contributed by atoms with Crippen molar-refractivity contribution in [1.82, 2.24) is 4.90 Å². The van der Waals surface area contributed by atoms with Crippen molar-refractivity contribution in [3.8, 4) is 0 Å². The molecule has 0 aliphatic carbocycles. The maximum Gasteiger partial charge on any atom is 0.326 e. The van der Waals surface area contributed by atoms with E-state index in [-0.39, 0.29) is 6.54 Å². The fraction of sp³-hybridized carbons (Fsp3) is 0.438. The van der Waals surface area contributed by atoms with E-state index in [4.69, 9.17) is 4.74 Å². The van der Waals surface area contributed by atoms with E-state index in [1.54, 1.807) is 45.0 Å². The first-order valence-electron chi connectivity index (χ1n) is 6.96. The van der Waals surface area contributed by atoms with Gasteiger partial charge in [0.25, 0.3) is 11.8 Å². The van der Waals surface area contributed by atoms with Crippen molar-refractivity contribution in [3.05, 3.63) is 35.4 Å². The molecule has 1 aliphatic heterocycles. The summed E-state index contributed by atoms with van der Waals surface area (Å²) in [4.78, 5) is 36.6. The molecular weight excluding hydrogens is 270 g/mol. The highest BCUT2D eigenvalue weighted by Gasteiger charge is 2.37. The number of nitrogens with zero attached hydrogens (tertiary/aromatic N) is 1. The highest BCUT2D eigenvalue weighted by molar-refractivity contribution is 6.22. The molecule has 0 radical (unpaired) electrons. The van der Waals surface area contributed by atoms with Crippen molar-refractivity contribution in [2.75, 3.05) is 6.54 Å². The fourth-order valence-corrected chi connectivity index (χ4v) is 1.89. The van der Waals surface area contributed by atoms with Crippen LogP contribution in [0.25, 0.3) is 0 Å². The molecule has 0 aromatic heterocycles. The van der Waals surface area contributed by atoms with Crippen LogP contribution in [0.2, 0.25) is 0 Å². The molecule has 0 saturated carbocycles. The zero-order chi connectivity index (χ0) is 16.2. The summed E-state index contributed by atoms with van der Waals surface area (Å²) in [7, 11) is 0. The van der Waals surface area contributed by atoms with Crippen molar-refractivity contribution in [2.45, 2.75) is 40.2 Å². The lowest BCUT2D eigenvalue weighted by Crippen LogP contribution is -2.38. The highest BCUT2D eigenvalue weighted by Crippen LogP contribution is 2.22. The third-order valence-electron chi connectivity index (χ3n) is 2.59. The number of hydrogen-bond acceptors (Lipinski definition) is 4. The monoisotopic (exact) mass is 291 g/mol. The lowest BCUT2D eigenvalue weighted by Gasteiger charge is -2.21. The number of amides is 2. The molecule has 0 fully saturated rings. The number of carbonyl (C=O) groups excluding carboxylic acids is 3. The Morgan fingerprint density at radius 1 is 1.05 bits per heavy atom. The zero-order valence-electron chi connectivity index (χ0n) is 13.1. The molecular formula is C16H21NO4. The van der Waals surface area contributed by atoms with Crippen molar-refractivity contribution in [3.63, 3.8) is 0 Å². The Bertz CT molecular complexity index is 523. The van der Waals surface area contributed by atoms with Gasteiger partial charge in [0.1, 0.15) is 12.1 Å². The predicted molar refractivity (Wildman–Crippen MR) is 79.0 cm³/mol. The minimum Gasteiger partial charge on any atom is -0.459 e. The standard InChI is InChI=1S/C14H15NO4.C2H6/c1-14(2,3)19-11(16)8-15-12(17)9-6-4-5-7-10(9)13(15)18;1-2/h4-7H,8H2,1-3H3;1-2H3. The van der Waals surface area contributed by atoms with Crippen molar-refractivity contribution in [1.29, 1.82) is 0 Å². The van der Waals surface area contributed by atoms with Crippen LogP contribution in [0.4, 0.5) is 0 Å². The molecule has 1 heterocycles. The van der Waals surface area contributed by atoms with Crippen LogP contribution in [0.3, 0.4) is 0 Å². The van der Waals surface area contributed by atoms with Gasteiger partial charge in [0.05, 0.1) is 11.1 Å². The summed E-state index contributed by atoms with van der Waals surface area (Å²) in [6.45, 7) is 8.83. The van der Waals surface area contributed by atoms with E-state index in [2.05, 4.69) is 0 Å². The molecule has 0 bridgehead atoms. The van der Waals surface area contributed by atoms with Crippen molar-refractivity contribution >= 4 is 17.8 Å². The van der Waals surface area contributed by atoms with E-state index in [0.29, 0.717) is 11.1 Å². The van der Waals surface area contributed by atoms with E-state index in [0.717, 1.165) is 4.90 Å². The third kappa shape index (κ3) is 3.90. The second kappa shape index (κ2) is 6.52. The number of fused-ring (bicyclic) bond motifs is 1. The maximum absolute atomic E-state index is 12.0. The van der Waals surface area contributed by atoms with E-state index in [1.807, 2.05) is 13.8 Å². The van der Waals surface area contributed by atoms with Gasteiger partial charge in [-0.15, -0.1) is 0 Å². The van der Waals surface area contributed by atoms with Crippen LogP contribution < -0.4 is 0 Å². The number of ether oxygens (including phenoxy) is 1. The lowest BCUT2D eigenvalue weighted by atomic mass is 10.1. The molecule has 2 amide bonds. The Hall–Kier alpha value is -2.17. The average molecular weight is 291 g/mol. The summed E-state index contributed by atoms with van der Waals surface area (Å²) < 4.78 is 5.11. The first-order valence-corrected chi connectivity index (χ1v) is 6.96. The van der Waals surface area contributed by atoms with E-state index >= 15 is 0 Å².